The zero-order valence-electron chi connectivity index (χ0n) is 22.9. The molecule has 0 saturated carbocycles. The minimum atomic E-state index is -0.531. The Labute approximate surface area is 239 Å². The lowest BCUT2D eigenvalue weighted by atomic mass is 9.68. The van der Waals surface area contributed by atoms with Crippen LogP contribution in [0.25, 0.3) is 17.2 Å². The third-order valence-electron chi connectivity index (χ3n) is 7.70. The van der Waals surface area contributed by atoms with E-state index in [1.54, 1.807) is 24.3 Å². The molecule has 0 aromatic heterocycles. The molecule has 0 atom stereocenters. The van der Waals surface area contributed by atoms with E-state index in [1.807, 2.05) is 36.4 Å². The van der Waals surface area contributed by atoms with Crippen LogP contribution in [-0.2, 0) is 5.41 Å². The highest BCUT2D eigenvalue weighted by molar-refractivity contribution is 5.86. The third kappa shape index (κ3) is 4.45. The summed E-state index contributed by atoms with van der Waals surface area (Å²) in [7, 11) is 3.01. The molecule has 5 aromatic carbocycles. The molecule has 1 aliphatic carbocycles. The summed E-state index contributed by atoms with van der Waals surface area (Å²) >= 11 is 0. The van der Waals surface area contributed by atoms with Gasteiger partial charge in [-0.3, -0.25) is 0 Å². The van der Waals surface area contributed by atoms with Crippen molar-refractivity contribution < 1.29 is 24.4 Å². The SMILES string of the molecule is COc1cc(C=CCOc2ccc(C3(c4ccc(O)cc4)c4ccccc4-c4ccccc43)cc2)cc(OC)c1O. The van der Waals surface area contributed by atoms with Crippen LogP contribution in [0.1, 0.15) is 27.8 Å². The Morgan fingerprint density at radius 2 is 1.17 bits per heavy atom. The molecule has 5 heteroatoms. The van der Waals surface area contributed by atoms with Crippen molar-refractivity contribution in [3.8, 4) is 39.9 Å². The number of fused-ring (bicyclic) bond motifs is 3. The molecule has 0 unspecified atom stereocenters. The summed E-state index contributed by atoms with van der Waals surface area (Å²) in [5, 5.41) is 20.2. The van der Waals surface area contributed by atoms with E-state index in [9.17, 15) is 10.2 Å². The second kappa shape index (κ2) is 10.8. The molecule has 0 amide bonds. The Balaban J connectivity index is 1.32. The smallest absolute Gasteiger partial charge is 0.200 e. The van der Waals surface area contributed by atoms with Crippen LogP contribution >= 0.6 is 0 Å². The summed E-state index contributed by atoms with van der Waals surface area (Å²) in [5.74, 6) is 1.65. The van der Waals surface area contributed by atoms with Gasteiger partial charge in [-0.25, -0.2) is 0 Å². The van der Waals surface area contributed by atoms with Crippen molar-refractivity contribution in [2.45, 2.75) is 5.41 Å². The normalized spacial score (nSPS) is 13.0. The first kappa shape index (κ1) is 26.1. The molecule has 5 nitrogen and oxygen atoms in total. The van der Waals surface area contributed by atoms with Crippen LogP contribution in [-0.4, -0.2) is 31.0 Å². The van der Waals surface area contributed by atoms with E-state index in [2.05, 4.69) is 60.7 Å². The van der Waals surface area contributed by atoms with Gasteiger partial charge in [0.2, 0.25) is 5.75 Å². The average molecular weight is 543 g/mol. The van der Waals surface area contributed by atoms with E-state index < -0.39 is 5.41 Å². The van der Waals surface area contributed by atoms with Gasteiger partial charge in [0.1, 0.15) is 18.1 Å². The van der Waals surface area contributed by atoms with Crippen molar-refractivity contribution in [2.75, 3.05) is 20.8 Å². The first-order chi connectivity index (χ1) is 20.1. The Kier molecular flexibility index (Phi) is 6.86. The van der Waals surface area contributed by atoms with Crippen molar-refractivity contribution in [2.24, 2.45) is 0 Å². The summed E-state index contributed by atoms with van der Waals surface area (Å²) in [4.78, 5) is 0. The highest BCUT2D eigenvalue weighted by atomic mass is 16.5. The molecule has 0 spiro atoms. The molecule has 0 heterocycles. The van der Waals surface area contributed by atoms with Crippen LogP contribution < -0.4 is 14.2 Å². The van der Waals surface area contributed by atoms with Gasteiger partial charge < -0.3 is 24.4 Å². The van der Waals surface area contributed by atoms with E-state index in [4.69, 9.17) is 14.2 Å². The molecular formula is C36H30O5. The largest absolute Gasteiger partial charge is 0.508 e. The second-order valence-corrected chi connectivity index (χ2v) is 9.90. The number of ether oxygens (including phenoxy) is 3. The fraction of sp³-hybridized carbons (Fsp3) is 0.111. The predicted molar refractivity (Wildman–Crippen MR) is 161 cm³/mol. The van der Waals surface area contributed by atoms with Crippen molar-refractivity contribution in [3.05, 3.63) is 143 Å². The summed E-state index contributed by atoms with van der Waals surface area (Å²) < 4.78 is 16.5. The molecule has 0 aliphatic heterocycles. The molecular weight excluding hydrogens is 512 g/mol. The van der Waals surface area contributed by atoms with Gasteiger partial charge in [0.25, 0.3) is 0 Å². The Morgan fingerprint density at radius 1 is 0.659 bits per heavy atom. The van der Waals surface area contributed by atoms with Gasteiger partial charge >= 0.3 is 0 Å². The fourth-order valence-electron chi connectivity index (χ4n) is 5.87. The summed E-state index contributed by atoms with van der Waals surface area (Å²) in [5.41, 5.74) is 7.34. The predicted octanol–water partition coefficient (Wildman–Crippen LogP) is 7.57. The van der Waals surface area contributed by atoms with E-state index in [-0.39, 0.29) is 11.5 Å². The van der Waals surface area contributed by atoms with Crippen molar-refractivity contribution in [1.82, 2.24) is 0 Å². The van der Waals surface area contributed by atoms with Crippen LogP contribution in [0.3, 0.4) is 0 Å². The van der Waals surface area contributed by atoms with E-state index in [0.29, 0.717) is 18.1 Å². The number of hydrogen-bond acceptors (Lipinski definition) is 5. The van der Waals surface area contributed by atoms with Crippen LogP contribution in [0.5, 0.6) is 28.7 Å². The maximum atomic E-state index is 10.1. The van der Waals surface area contributed by atoms with Crippen LogP contribution in [0.2, 0.25) is 0 Å². The van der Waals surface area contributed by atoms with Gasteiger partial charge in [-0.2, -0.15) is 0 Å². The van der Waals surface area contributed by atoms with Crippen molar-refractivity contribution in [3.63, 3.8) is 0 Å². The zero-order chi connectivity index (χ0) is 28.4. The van der Waals surface area contributed by atoms with Gasteiger partial charge in [-0.1, -0.05) is 78.9 Å². The number of benzene rings is 5. The fourth-order valence-corrected chi connectivity index (χ4v) is 5.87. The Hall–Kier alpha value is -5.16. The highest BCUT2D eigenvalue weighted by Crippen LogP contribution is 2.56. The van der Waals surface area contributed by atoms with Crippen molar-refractivity contribution in [1.29, 1.82) is 0 Å². The number of phenolic OH excluding ortho intramolecular Hbond substituents is 2. The standard InChI is InChI=1S/C36H30O5/c1-39-33-22-24(23-34(40-2)35(33)38)8-7-21-41-28-19-15-26(16-20-28)36(25-13-17-27(37)18-14-25)31-11-5-3-9-29(31)30-10-4-6-12-32(30)36/h3-20,22-23,37-38H,21H2,1-2H3. The monoisotopic (exact) mass is 542 g/mol. The molecule has 1 aliphatic rings. The number of phenols is 2. The Bertz CT molecular complexity index is 1650. The van der Waals surface area contributed by atoms with E-state index in [1.165, 1.54) is 36.5 Å². The van der Waals surface area contributed by atoms with Gasteiger partial charge in [0.05, 0.1) is 19.6 Å². The molecule has 2 N–H and O–H groups in total. The summed E-state index contributed by atoms with van der Waals surface area (Å²) in [6.45, 7) is 0.361. The first-order valence-corrected chi connectivity index (χ1v) is 13.4. The minimum absolute atomic E-state index is 0.0268. The molecule has 6 rings (SSSR count). The number of aromatic hydroxyl groups is 2. The lowest BCUT2D eigenvalue weighted by molar-refractivity contribution is 0.339. The number of methoxy groups -OCH3 is 2. The lowest BCUT2D eigenvalue weighted by Crippen LogP contribution is -2.28. The molecule has 0 saturated heterocycles. The molecule has 204 valence electrons. The molecule has 0 fully saturated rings. The minimum Gasteiger partial charge on any atom is -0.508 e. The number of hydrogen-bond donors (Lipinski definition) is 2. The lowest BCUT2D eigenvalue weighted by Gasteiger charge is -2.34. The topological polar surface area (TPSA) is 68.2 Å². The van der Waals surface area contributed by atoms with Crippen LogP contribution in [0.15, 0.2) is 115 Å². The zero-order valence-corrected chi connectivity index (χ0v) is 22.9. The first-order valence-electron chi connectivity index (χ1n) is 13.4. The Morgan fingerprint density at radius 3 is 1.71 bits per heavy atom. The second-order valence-electron chi connectivity index (χ2n) is 9.90. The quantitative estimate of drug-likeness (QED) is 0.208. The van der Waals surface area contributed by atoms with E-state index >= 15 is 0 Å². The maximum Gasteiger partial charge on any atom is 0.200 e. The van der Waals surface area contributed by atoms with Gasteiger partial charge in [0, 0.05) is 0 Å². The molecule has 5 aromatic rings. The summed E-state index contributed by atoms with van der Waals surface area (Å²) in [6.07, 6.45) is 3.80. The van der Waals surface area contributed by atoms with Crippen molar-refractivity contribution >= 4 is 6.08 Å². The van der Waals surface area contributed by atoms with Crippen LogP contribution in [0, 0.1) is 0 Å². The van der Waals surface area contributed by atoms with Crippen LogP contribution in [0.4, 0.5) is 0 Å². The third-order valence-corrected chi connectivity index (χ3v) is 7.70. The highest BCUT2D eigenvalue weighted by Gasteiger charge is 2.45. The number of rotatable bonds is 8. The van der Waals surface area contributed by atoms with E-state index in [0.717, 1.165) is 22.4 Å². The molecule has 41 heavy (non-hydrogen) atoms. The van der Waals surface area contributed by atoms with Gasteiger partial charge in [-0.15, -0.1) is 0 Å². The summed E-state index contributed by atoms with van der Waals surface area (Å²) in [6, 6.07) is 36.4. The van der Waals surface area contributed by atoms with Gasteiger partial charge in [-0.05, 0) is 81.4 Å². The average Bonchev–Trinajstić information content (AvgIpc) is 3.32. The molecule has 0 radical (unpaired) electrons. The maximum absolute atomic E-state index is 10.1. The van der Waals surface area contributed by atoms with Gasteiger partial charge in [0.15, 0.2) is 11.5 Å². The molecule has 0 bridgehead atoms.